The van der Waals surface area contributed by atoms with Crippen molar-refractivity contribution in [2.75, 3.05) is 0 Å². The molecule has 0 unspecified atom stereocenters. The molecule has 0 aromatic rings. The molecule has 1 radical (unpaired) electrons. The van der Waals surface area contributed by atoms with Crippen molar-refractivity contribution in [2.45, 2.75) is 6.92 Å². The van der Waals surface area contributed by atoms with Crippen LogP contribution in [0.5, 0.6) is 0 Å². The summed E-state index contributed by atoms with van der Waals surface area (Å²) in [5.74, 6) is 0. The van der Waals surface area contributed by atoms with Crippen LogP contribution in [0.2, 0.25) is 0 Å². The van der Waals surface area contributed by atoms with E-state index in [2.05, 4.69) is 11.9 Å². The van der Waals surface area contributed by atoms with Gasteiger partial charge in [0, 0.05) is 0 Å². The lowest BCUT2D eigenvalue weighted by atomic mass is 10.1. The summed E-state index contributed by atoms with van der Waals surface area (Å²) in [6, 6.07) is 0. The monoisotopic (exact) mass is 120 g/mol. The van der Waals surface area contributed by atoms with E-state index >= 15 is 0 Å². The van der Waals surface area contributed by atoms with Gasteiger partial charge in [0.05, 0.1) is 6.54 Å². The summed E-state index contributed by atoms with van der Waals surface area (Å²) < 4.78 is 0. The molecule has 1 aliphatic rings. The van der Waals surface area contributed by atoms with Crippen LogP contribution in [0.3, 0.4) is 0 Å². The lowest BCUT2D eigenvalue weighted by Gasteiger charge is -2.05. The van der Waals surface area contributed by atoms with Crippen LogP contribution in [0.25, 0.3) is 0 Å². The van der Waals surface area contributed by atoms with E-state index in [0.29, 0.717) is 0 Å². The maximum Gasteiger partial charge on any atom is 0.0685 e. The molecule has 1 heteroatoms. The van der Waals surface area contributed by atoms with Crippen molar-refractivity contribution in [3.63, 3.8) is 0 Å². The molecule has 0 aromatic heterocycles. The van der Waals surface area contributed by atoms with E-state index in [1.807, 2.05) is 31.8 Å². The largest absolute Gasteiger partial charge is 0.382 e. The van der Waals surface area contributed by atoms with Crippen LogP contribution >= 0.6 is 0 Å². The third-order valence-electron chi connectivity index (χ3n) is 1.21. The molecule has 0 atom stereocenters. The van der Waals surface area contributed by atoms with E-state index in [0.717, 1.165) is 5.57 Å². The van der Waals surface area contributed by atoms with Crippen molar-refractivity contribution in [3.05, 3.63) is 42.6 Å². The highest BCUT2D eigenvalue weighted by Gasteiger charge is 1.94. The molecule has 0 saturated heterocycles. The van der Waals surface area contributed by atoms with Crippen molar-refractivity contribution in [1.82, 2.24) is 5.32 Å². The van der Waals surface area contributed by atoms with Gasteiger partial charge in [-0.1, -0.05) is 18.2 Å². The summed E-state index contributed by atoms with van der Waals surface area (Å²) in [6.45, 7) is 7.70. The number of allylic oxidation sites excluding steroid dienone is 3. The minimum Gasteiger partial charge on any atom is -0.382 e. The Morgan fingerprint density at radius 3 is 2.78 bits per heavy atom. The van der Waals surface area contributed by atoms with E-state index in [9.17, 15) is 0 Å². The molecule has 1 rings (SSSR count). The molecule has 0 aromatic carbocycles. The Bertz CT molecular complexity index is 175. The topological polar surface area (TPSA) is 12.0 Å². The van der Waals surface area contributed by atoms with Gasteiger partial charge in [-0.25, -0.2) is 0 Å². The van der Waals surface area contributed by atoms with E-state index < -0.39 is 0 Å². The molecule has 1 aliphatic heterocycles. The highest BCUT2D eigenvalue weighted by atomic mass is 14.8. The zero-order valence-electron chi connectivity index (χ0n) is 5.52. The Hall–Kier alpha value is -0.980. The first-order valence-corrected chi connectivity index (χ1v) is 2.92. The van der Waals surface area contributed by atoms with Crippen LogP contribution < -0.4 is 5.32 Å². The van der Waals surface area contributed by atoms with Gasteiger partial charge in [-0.05, 0) is 24.8 Å². The predicted molar refractivity (Wildman–Crippen MR) is 39.5 cm³/mol. The van der Waals surface area contributed by atoms with Crippen molar-refractivity contribution < 1.29 is 0 Å². The van der Waals surface area contributed by atoms with Crippen LogP contribution in [0.4, 0.5) is 0 Å². The first-order valence-electron chi connectivity index (χ1n) is 2.92. The van der Waals surface area contributed by atoms with Crippen LogP contribution in [0.15, 0.2) is 36.1 Å². The summed E-state index contributed by atoms with van der Waals surface area (Å²) in [5, 5.41) is 2.95. The van der Waals surface area contributed by atoms with E-state index in [-0.39, 0.29) is 0 Å². The van der Waals surface area contributed by atoms with Crippen molar-refractivity contribution in [1.29, 1.82) is 0 Å². The number of hydrogen-bond acceptors (Lipinski definition) is 1. The first kappa shape index (κ1) is 6.14. The lowest BCUT2D eigenvalue weighted by Crippen LogP contribution is -2.02. The summed E-state index contributed by atoms with van der Waals surface area (Å²) in [6.07, 6.45) is 5.90. The highest BCUT2D eigenvalue weighted by molar-refractivity contribution is 5.39. The van der Waals surface area contributed by atoms with Crippen molar-refractivity contribution in [3.8, 4) is 0 Å². The fraction of sp³-hybridized carbons (Fsp3) is 0.125. The molecule has 0 spiro atoms. The van der Waals surface area contributed by atoms with E-state index in [1.54, 1.807) is 0 Å². The second kappa shape index (κ2) is 2.53. The van der Waals surface area contributed by atoms with Crippen LogP contribution in [0, 0.1) is 6.54 Å². The fourth-order valence-electron chi connectivity index (χ4n) is 0.671. The van der Waals surface area contributed by atoms with Gasteiger partial charge < -0.3 is 5.32 Å². The van der Waals surface area contributed by atoms with Crippen LogP contribution in [0.1, 0.15) is 6.92 Å². The summed E-state index contributed by atoms with van der Waals surface area (Å²) >= 11 is 0. The van der Waals surface area contributed by atoms with Gasteiger partial charge in [0.25, 0.3) is 0 Å². The molecule has 0 fully saturated rings. The Kier molecular flexibility index (Phi) is 1.73. The predicted octanol–water partition coefficient (Wildman–Crippen LogP) is 1.77. The Morgan fingerprint density at radius 2 is 2.44 bits per heavy atom. The normalized spacial score (nSPS) is 16.3. The molecular formula is C8H10N. The maximum atomic E-state index is 3.81. The van der Waals surface area contributed by atoms with Gasteiger partial charge in [0.1, 0.15) is 0 Å². The third-order valence-corrected chi connectivity index (χ3v) is 1.21. The minimum atomic E-state index is 1.10. The average molecular weight is 120 g/mol. The maximum absolute atomic E-state index is 3.81. The van der Waals surface area contributed by atoms with E-state index in [4.69, 9.17) is 0 Å². The zero-order chi connectivity index (χ0) is 6.69. The molecule has 1 N–H and O–H groups in total. The van der Waals surface area contributed by atoms with Crippen LogP contribution in [-0.4, -0.2) is 0 Å². The van der Waals surface area contributed by atoms with Crippen LogP contribution in [-0.2, 0) is 0 Å². The number of rotatable bonds is 1. The Labute approximate surface area is 55.8 Å². The number of hydrogen-bond donors (Lipinski definition) is 1. The smallest absolute Gasteiger partial charge is 0.0685 e. The van der Waals surface area contributed by atoms with Crippen molar-refractivity contribution in [2.24, 2.45) is 0 Å². The lowest BCUT2D eigenvalue weighted by molar-refractivity contribution is 1.08. The molecule has 0 saturated carbocycles. The first-order chi connectivity index (χ1) is 4.30. The standard InChI is InChI=1S/C8H10N/c1-7(2)8-3-5-9-6-4-8/h3-6,9H,1H2,2H3. The quantitative estimate of drug-likeness (QED) is 0.556. The van der Waals surface area contributed by atoms with Gasteiger partial charge in [0.2, 0.25) is 0 Å². The van der Waals surface area contributed by atoms with Crippen molar-refractivity contribution >= 4 is 0 Å². The van der Waals surface area contributed by atoms with E-state index in [1.165, 1.54) is 5.57 Å². The SMILES string of the molecule is C=C(C)C1=C[CH]NC=C1. The highest BCUT2D eigenvalue weighted by Crippen LogP contribution is 2.10. The van der Waals surface area contributed by atoms with Gasteiger partial charge in [-0.2, -0.15) is 0 Å². The zero-order valence-corrected chi connectivity index (χ0v) is 5.52. The minimum absolute atomic E-state index is 1.10. The second-order valence-electron chi connectivity index (χ2n) is 2.07. The molecule has 1 nitrogen and oxygen atoms in total. The Balaban J connectivity index is 2.69. The number of nitrogens with one attached hydrogen (secondary N) is 1. The molecule has 9 heavy (non-hydrogen) atoms. The molecule has 0 aliphatic carbocycles. The third kappa shape index (κ3) is 1.46. The molecular weight excluding hydrogens is 110 g/mol. The molecule has 0 amide bonds. The molecule has 0 bridgehead atoms. The summed E-state index contributed by atoms with van der Waals surface area (Å²) in [7, 11) is 0. The summed E-state index contributed by atoms with van der Waals surface area (Å²) in [5.41, 5.74) is 2.29. The van der Waals surface area contributed by atoms with Gasteiger partial charge >= 0.3 is 0 Å². The fourth-order valence-corrected chi connectivity index (χ4v) is 0.671. The molecule has 1 heterocycles. The average Bonchev–Trinajstić information content (AvgIpc) is 1.90. The number of dihydropyridines is 1. The Morgan fingerprint density at radius 1 is 1.67 bits per heavy atom. The summed E-state index contributed by atoms with van der Waals surface area (Å²) in [4.78, 5) is 0. The van der Waals surface area contributed by atoms with Gasteiger partial charge in [0.15, 0.2) is 0 Å². The van der Waals surface area contributed by atoms with Gasteiger partial charge in [-0.15, -0.1) is 0 Å². The molecule has 47 valence electrons. The van der Waals surface area contributed by atoms with Gasteiger partial charge in [-0.3, -0.25) is 0 Å². The second-order valence-corrected chi connectivity index (χ2v) is 2.07.